The van der Waals surface area contributed by atoms with Gasteiger partial charge in [0.25, 0.3) is 11.5 Å². The average Bonchev–Trinajstić information content (AvgIpc) is 3.58. The molecule has 3 heterocycles. The molecule has 8 nitrogen and oxygen atoms in total. The molecule has 1 amide bonds. The van der Waals surface area contributed by atoms with E-state index in [1.54, 1.807) is 17.9 Å². The Kier molecular flexibility index (Phi) is 6.94. The summed E-state index contributed by atoms with van der Waals surface area (Å²) in [5, 5.41) is 10.3. The summed E-state index contributed by atoms with van der Waals surface area (Å²) in [7, 11) is 1.60. The van der Waals surface area contributed by atoms with Crippen molar-refractivity contribution in [2.45, 2.75) is 19.9 Å². The van der Waals surface area contributed by atoms with E-state index in [0.717, 1.165) is 27.9 Å². The van der Waals surface area contributed by atoms with E-state index in [9.17, 15) is 9.59 Å². The number of rotatable bonds is 6. The van der Waals surface area contributed by atoms with Gasteiger partial charge in [-0.25, -0.2) is 4.99 Å². The number of anilines is 1. The Balaban J connectivity index is 1.50. The molecule has 41 heavy (non-hydrogen) atoms. The number of para-hydroxylation sites is 1. The van der Waals surface area contributed by atoms with E-state index < -0.39 is 6.04 Å². The molecule has 0 fully saturated rings. The van der Waals surface area contributed by atoms with Gasteiger partial charge in [-0.2, -0.15) is 5.10 Å². The Hall–Kier alpha value is -5.02. The predicted molar refractivity (Wildman–Crippen MR) is 161 cm³/mol. The minimum absolute atomic E-state index is 0.233. The summed E-state index contributed by atoms with van der Waals surface area (Å²) in [4.78, 5) is 33.2. The third-order valence-corrected chi connectivity index (χ3v) is 8.09. The first-order chi connectivity index (χ1) is 19.9. The van der Waals surface area contributed by atoms with Crippen LogP contribution < -0.4 is 24.9 Å². The number of aryl methyl sites for hydroxylation is 1. The van der Waals surface area contributed by atoms with E-state index in [2.05, 4.69) is 15.5 Å². The number of nitrogens with zero attached hydrogens (tertiary/aromatic N) is 3. The van der Waals surface area contributed by atoms with Crippen molar-refractivity contribution in [1.29, 1.82) is 0 Å². The molecule has 0 radical (unpaired) electrons. The summed E-state index contributed by atoms with van der Waals surface area (Å²) >= 11 is 1.29. The summed E-state index contributed by atoms with van der Waals surface area (Å²) in [5.74, 6) is 0.373. The van der Waals surface area contributed by atoms with Crippen LogP contribution in [0.15, 0.2) is 106 Å². The van der Waals surface area contributed by atoms with Gasteiger partial charge >= 0.3 is 0 Å². The molecule has 3 aromatic carbocycles. The normalized spacial score (nSPS) is 14.9. The molecule has 2 aromatic heterocycles. The van der Waals surface area contributed by atoms with Crippen molar-refractivity contribution in [1.82, 2.24) is 14.8 Å². The smallest absolute Gasteiger partial charge is 0.271 e. The number of H-pyrrole nitrogens is 1. The van der Waals surface area contributed by atoms with Crippen molar-refractivity contribution < 1.29 is 9.53 Å². The molecule has 9 heteroatoms. The maximum Gasteiger partial charge on any atom is 0.271 e. The van der Waals surface area contributed by atoms with Gasteiger partial charge in [-0.1, -0.05) is 72.0 Å². The van der Waals surface area contributed by atoms with Crippen LogP contribution in [0.5, 0.6) is 5.75 Å². The molecule has 0 saturated carbocycles. The molecular formula is C32H27N5O3S. The molecule has 1 atom stereocenters. The molecule has 0 spiro atoms. The summed E-state index contributed by atoms with van der Waals surface area (Å²) in [6.45, 7) is 3.75. The monoisotopic (exact) mass is 561 g/mol. The van der Waals surface area contributed by atoms with E-state index in [4.69, 9.17) is 9.73 Å². The Morgan fingerprint density at radius 1 is 1.02 bits per heavy atom. The molecule has 5 aromatic rings. The third kappa shape index (κ3) is 4.92. The lowest BCUT2D eigenvalue weighted by Crippen LogP contribution is -2.40. The predicted octanol–water partition coefficient (Wildman–Crippen LogP) is 4.58. The van der Waals surface area contributed by atoms with Crippen molar-refractivity contribution in [3.63, 3.8) is 0 Å². The fraction of sp³-hybridized carbons (Fsp3) is 0.125. The van der Waals surface area contributed by atoms with Gasteiger partial charge in [0.1, 0.15) is 5.75 Å². The van der Waals surface area contributed by atoms with Crippen LogP contribution >= 0.6 is 11.3 Å². The first-order valence-electron chi connectivity index (χ1n) is 13.1. The zero-order valence-electron chi connectivity index (χ0n) is 22.7. The number of benzene rings is 3. The van der Waals surface area contributed by atoms with E-state index >= 15 is 0 Å². The summed E-state index contributed by atoms with van der Waals surface area (Å²) in [6, 6.07) is 24.2. The van der Waals surface area contributed by atoms with Gasteiger partial charge in [0.15, 0.2) is 4.80 Å². The van der Waals surface area contributed by atoms with E-state index in [-0.39, 0.29) is 11.5 Å². The Morgan fingerprint density at radius 2 is 1.76 bits per heavy atom. The van der Waals surface area contributed by atoms with Crippen LogP contribution in [0.3, 0.4) is 0 Å². The number of methoxy groups -OCH3 is 1. The fourth-order valence-electron chi connectivity index (χ4n) is 5.00. The maximum absolute atomic E-state index is 14.1. The number of hydrogen-bond donors (Lipinski definition) is 2. The van der Waals surface area contributed by atoms with Crippen molar-refractivity contribution in [2.75, 3.05) is 12.4 Å². The topological polar surface area (TPSA) is 101 Å². The van der Waals surface area contributed by atoms with Crippen LogP contribution in [0.25, 0.3) is 17.3 Å². The largest absolute Gasteiger partial charge is 0.497 e. The second-order valence-corrected chi connectivity index (χ2v) is 10.7. The van der Waals surface area contributed by atoms with Gasteiger partial charge in [0.2, 0.25) is 0 Å². The number of hydrogen-bond acceptors (Lipinski definition) is 6. The molecule has 2 N–H and O–H groups in total. The van der Waals surface area contributed by atoms with Crippen LogP contribution in [0.2, 0.25) is 0 Å². The van der Waals surface area contributed by atoms with Gasteiger partial charge in [-0.15, -0.1) is 0 Å². The molecule has 0 bridgehead atoms. The van der Waals surface area contributed by atoms with Crippen molar-refractivity contribution in [2.24, 2.45) is 4.99 Å². The van der Waals surface area contributed by atoms with Crippen molar-refractivity contribution in [3.05, 3.63) is 133 Å². The van der Waals surface area contributed by atoms with E-state index in [0.29, 0.717) is 32.0 Å². The minimum atomic E-state index is -0.679. The van der Waals surface area contributed by atoms with Crippen LogP contribution in [-0.4, -0.2) is 27.8 Å². The first kappa shape index (κ1) is 26.2. The number of allylic oxidation sites excluding steroid dienone is 1. The highest BCUT2D eigenvalue weighted by Crippen LogP contribution is 2.32. The number of nitrogens with one attached hydrogen (secondary N) is 2. The van der Waals surface area contributed by atoms with Gasteiger partial charge in [0.05, 0.1) is 40.8 Å². The highest BCUT2D eigenvalue weighted by Gasteiger charge is 2.32. The number of thiazole rings is 1. The lowest BCUT2D eigenvalue weighted by molar-refractivity contribution is -0.113. The maximum atomic E-state index is 14.1. The van der Waals surface area contributed by atoms with Crippen LogP contribution in [0.1, 0.15) is 29.7 Å². The highest BCUT2D eigenvalue weighted by atomic mass is 32.1. The molecule has 0 aliphatic carbocycles. The summed E-state index contributed by atoms with van der Waals surface area (Å²) < 4.78 is 7.46. The Morgan fingerprint density at radius 3 is 2.49 bits per heavy atom. The van der Waals surface area contributed by atoms with E-state index in [1.807, 2.05) is 98.8 Å². The van der Waals surface area contributed by atoms with Gasteiger partial charge in [-0.05, 0) is 49.2 Å². The SMILES string of the molecule is COc1ccc([C@H]2C(C(=O)Nc3ccccc3C)=C(C)N=c3s/c(=C/c4cn[nH]c4-c4ccccc4)c(=O)n32)cc1. The van der Waals surface area contributed by atoms with Gasteiger partial charge in [-0.3, -0.25) is 19.3 Å². The summed E-state index contributed by atoms with van der Waals surface area (Å²) in [5.41, 5.74) is 5.71. The number of ether oxygens (including phenoxy) is 1. The number of carbonyl (C=O) groups excluding carboxylic acids is 1. The Labute approximate surface area is 240 Å². The number of aromatic amines is 1. The number of fused-ring (bicyclic) bond motifs is 1. The van der Waals surface area contributed by atoms with Crippen molar-refractivity contribution in [3.8, 4) is 17.0 Å². The van der Waals surface area contributed by atoms with Crippen LogP contribution in [0.4, 0.5) is 5.69 Å². The number of amides is 1. The Bertz CT molecular complexity index is 1970. The first-order valence-corrected chi connectivity index (χ1v) is 13.9. The third-order valence-electron chi connectivity index (χ3n) is 7.11. The molecule has 0 unspecified atom stereocenters. The summed E-state index contributed by atoms with van der Waals surface area (Å²) in [6.07, 6.45) is 3.53. The number of carbonyl (C=O) groups is 1. The van der Waals surface area contributed by atoms with Gasteiger partial charge in [0, 0.05) is 16.8 Å². The highest BCUT2D eigenvalue weighted by molar-refractivity contribution is 7.07. The molecule has 1 aliphatic heterocycles. The number of aromatic nitrogens is 3. The molecule has 0 saturated heterocycles. The standard InChI is InChI=1S/C32H27N5O3S/c1-19-9-7-8-12-25(19)35-30(38)27-20(2)34-32-37(29(27)22-13-15-24(40-3)16-14-22)31(39)26(41-32)17-23-18-33-36-28(23)21-10-5-4-6-11-21/h4-18,29H,1-3H3,(H,33,36)(H,35,38)/b26-17+/t29-/m0/s1. The van der Waals surface area contributed by atoms with Crippen LogP contribution in [0, 0.1) is 6.92 Å². The quantitative estimate of drug-likeness (QED) is 0.317. The van der Waals surface area contributed by atoms with Crippen molar-refractivity contribution >= 4 is 29.0 Å². The average molecular weight is 562 g/mol. The lowest BCUT2D eigenvalue weighted by atomic mass is 9.95. The molecular weight excluding hydrogens is 534 g/mol. The minimum Gasteiger partial charge on any atom is -0.497 e. The second kappa shape index (κ2) is 10.9. The zero-order chi connectivity index (χ0) is 28.5. The molecule has 1 aliphatic rings. The molecule has 6 rings (SSSR count). The van der Waals surface area contributed by atoms with Crippen LogP contribution in [-0.2, 0) is 4.79 Å². The zero-order valence-corrected chi connectivity index (χ0v) is 23.5. The molecule has 204 valence electrons. The fourth-order valence-corrected chi connectivity index (χ4v) is 6.04. The van der Waals surface area contributed by atoms with E-state index in [1.165, 1.54) is 11.3 Å². The van der Waals surface area contributed by atoms with Gasteiger partial charge < -0.3 is 10.1 Å². The second-order valence-electron chi connectivity index (χ2n) is 9.69. The lowest BCUT2D eigenvalue weighted by Gasteiger charge is -2.25.